The van der Waals surface area contributed by atoms with Crippen LogP contribution in [-0.4, -0.2) is 36.7 Å². The van der Waals surface area contributed by atoms with Gasteiger partial charge in [-0.3, -0.25) is 4.79 Å². The molecule has 0 aliphatic carbocycles. The summed E-state index contributed by atoms with van der Waals surface area (Å²) in [5.41, 5.74) is 2.80. The summed E-state index contributed by atoms with van der Waals surface area (Å²) < 4.78 is 0. The first kappa shape index (κ1) is 23.0. The standard InChI is InChI=1S/C21H20Cl3N3O2/c1-13-8-16(10-17(22)9-13)21(28)27(3)12-20(26-29-7-6-25)14(2)15-4-5-18(23)19(24)11-15/h4-5,8-11,14H,7,12H2,1-3H3/b26-20-. The van der Waals surface area contributed by atoms with Crippen LogP contribution in [-0.2, 0) is 4.84 Å². The molecule has 0 aromatic heterocycles. The lowest BCUT2D eigenvalue weighted by Crippen LogP contribution is -2.34. The largest absolute Gasteiger partial charge is 0.380 e. The van der Waals surface area contributed by atoms with Crippen molar-refractivity contribution in [3.05, 3.63) is 68.2 Å². The van der Waals surface area contributed by atoms with E-state index >= 15 is 0 Å². The predicted molar refractivity (Wildman–Crippen MR) is 117 cm³/mol. The average Bonchev–Trinajstić information content (AvgIpc) is 2.67. The van der Waals surface area contributed by atoms with Gasteiger partial charge in [0.15, 0.2) is 0 Å². The highest BCUT2D eigenvalue weighted by atomic mass is 35.5. The fraction of sp³-hybridized carbons (Fsp3) is 0.286. The normalized spacial score (nSPS) is 12.2. The van der Waals surface area contributed by atoms with E-state index in [4.69, 9.17) is 44.9 Å². The Kier molecular flexibility index (Phi) is 8.33. The summed E-state index contributed by atoms with van der Waals surface area (Å²) in [4.78, 5) is 19.4. The van der Waals surface area contributed by atoms with E-state index in [-0.39, 0.29) is 25.0 Å². The van der Waals surface area contributed by atoms with E-state index in [1.807, 2.05) is 26.0 Å². The van der Waals surface area contributed by atoms with Crippen LogP contribution in [0.1, 0.15) is 34.3 Å². The minimum absolute atomic E-state index is 0.192. The molecule has 0 saturated carbocycles. The van der Waals surface area contributed by atoms with Crippen molar-refractivity contribution in [3.8, 4) is 6.07 Å². The number of carbonyl (C=O) groups is 1. The number of oxime groups is 1. The van der Waals surface area contributed by atoms with Crippen molar-refractivity contribution in [2.24, 2.45) is 5.16 Å². The van der Waals surface area contributed by atoms with E-state index in [0.717, 1.165) is 11.1 Å². The summed E-state index contributed by atoms with van der Waals surface area (Å²) in [7, 11) is 1.67. The highest BCUT2D eigenvalue weighted by Crippen LogP contribution is 2.27. The summed E-state index contributed by atoms with van der Waals surface area (Å²) in [6.07, 6.45) is 0. The van der Waals surface area contributed by atoms with Gasteiger partial charge in [-0.2, -0.15) is 5.26 Å². The molecule has 1 atom stereocenters. The van der Waals surface area contributed by atoms with Gasteiger partial charge < -0.3 is 9.74 Å². The summed E-state index contributed by atoms with van der Waals surface area (Å²) in [6, 6.07) is 12.3. The van der Waals surface area contributed by atoms with Gasteiger partial charge in [-0.25, -0.2) is 0 Å². The number of hydrogen-bond donors (Lipinski definition) is 0. The first-order valence-corrected chi connectivity index (χ1v) is 9.89. The van der Waals surface area contributed by atoms with Crippen LogP contribution in [0.25, 0.3) is 0 Å². The van der Waals surface area contributed by atoms with E-state index in [2.05, 4.69) is 5.16 Å². The van der Waals surface area contributed by atoms with Gasteiger partial charge in [0.1, 0.15) is 6.07 Å². The van der Waals surface area contributed by atoms with Gasteiger partial charge in [0.2, 0.25) is 6.61 Å². The van der Waals surface area contributed by atoms with Crippen LogP contribution in [0.4, 0.5) is 0 Å². The number of amides is 1. The quantitative estimate of drug-likeness (QED) is 0.306. The minimum Gasteiger partial charge on any atom is -0.380 e. The molecular formula is C21H20Cl3N3O2. The number of nitrogens with zero attached hydrogens (tertiary/aromatic N) is 3. The van der Waals surface area contributed by atoms with Crippen molar-refractivity contribution in [3.63, 3.8) is 0 Å². The third-order valence-electron chi connectivity index (χ3n) is 4.29. The highest BCUT2D eigenvalue weighted by Gasteiger charge is 2.21. The molecule has 0 radical (unpaired) electrons. The van der Waals surface area contributed by atoms with Crippen LogP contribution < -0.4 is 0 Å². The maximum atomic E-state index is 12.9. The monoisotopic (exact) mass is 451 g/mol. The van der Waals surface area contributed by atoms with Crippen molar-refractivity contribution in [1.82, 2.24) is 4.90 Å². The SMILES string of the molecule is Cc1cc(Cl)cc(C(=O)N(C)C/C(=N/OCC#N)C(C)c2ccc(Cl)c(Cl)c2)c1. The number of halogens is 3. The fourth-order valence-corrected chi connectivity index (χ4v) is 3.35. The molecule has 0 saturated heterocycles. The second-order valence-corrected chi connectivity index (χ2v) is 7.84. The molecule has 0 bridgehead atoms. The molecule has 0 aliphatic rings. The summed E-state index contributed by atoms with van der Waals surface area (Å²) >= 11 is 18.2. The summed E-state index contributed by atoms with van der Waals surface area (Å²) in [5, 5.41) is 14.2. The van der Waals surface area contributed by atoms with Crippen molar-refractivity contribution < 1.29 is 9.63 Å². The maximum Gasteiger partial charge on any atom is 0.253 e. The Balaban J connectivity index is 2.27. The van der Waals surface area contributed by atoms with Crippen molar-refractivity contribution in [2.75, 3.05) is 20.2 Å². The van der Waals surface area contributed by atoms with Crippen molar-refractivity contribution in [1.29, 1.82) is 5.26 Å². The molecule has 5 nitrogen and oxygen atoms in total. The smallest absolute Gasteiger partial charge is 0.253 e. The number of hydrogen-bond acceptors (Lipinski definition) is 4. The molecule has 0 aliphatic heterocycles. The summed E-state index contributed by atoms with van der Waals surface area (Å²) in [5.74, 6) is -0.426. The number of nitriles is 1. The maximum absolute atomic E-state index is 12.9. The highest BCUT2D eigenvalue weighted by molar-refractivity contribution is 6.42. The molecule has 29 heavy (non-hydrogen) atoms. The molecule has 0 spiro atoms. The Hall–Kier alpha value is -2.26. The lowest BCUT2D eigenvalue weighted by Gasteiger charge is -2.22. The Bertz CT molecular complexity index is 950. The zero-order valence-corrected chi connectivity index (χ0v) is 18.5. The Labute approximate surface area is 185 Å². The molecular weight excluding hydrogens is 433 g/mol. The van der Waals surface area contributed by atoms with E-state index in [1.165, 1.54) is 4.90 Å². The number of benzene rings is 2. The number of carbonyl (C=O) groups excluding carboxylic acids is 1. The van der Waals surface area contributed by atoms with E-state index in [1.54, 1.807) is 37.4 Å². The first-order valence-electron chi connectivity index (χ1n) is 8.76. The third kappa shape index (κ3) is 6.37. The minimum atomic E-state index is -0.222. The Morgan fingerprint density at radius 1 is 1.21 bits per heavy atom. The topological polar surface area (TPSA) is 65.7 Å². The molecule has 2 aromatic carbocycles. The number of aryl methyl sites for hydroxylation is 1. The van der Waals surface area contributed by atoms with Crippen LogP contribution in [0.2, 0.25) is 15.1 Å². The second kappa shape index (κ2) is 10.5. The van der Waals surface area contributed by atoms with Crippen LogP contribution in [0, 0.1) is 18.3 Å². The molecule has 152 valence electrons. The van der Waals surface area contributed by atoms with Crippen LogP contribution >= 0.6 is 34.8 Å². The lowest BCUT2D eigenvalue weighted by atomic mass is 9.95. The lowest BCUT2D eigenvalue weighted by molar-refractivity contribution is 0.0812. The fourth-order valence-electron chi connectivity index (χ4n) is 2.76. The Morgan fingerprint density at radius 3 is 2.55 bits per heavy atom. The van der Waals surface area contributed by atoms with Gasteiger partial charge in [0, 0.05) is 23.6 Å². The van der Waals surface area contributed by atoms with Gasteiger partial charge in [0.25, 0.3) is 5.91 Å². The molecule has 0 N–H and O–H groups in total. The van der Waals surface area contributed by atoms with Crippen molar-refractivity contribution >= 4 is 46.4 Å². The second-order valence-electron chi connectivity index (χ2n) is 6.59. The third-order valence-corrected chi connectivity index (χ3v) is 5.25. The van der Waals surface area contributed by atoms with Gasteiger partial charge in [-0.05, 0) is 48.4 Å². The van der Waals surface area contributed by atoms with Gasteiger partial charge in [-0.1, -0.05) is 52.9 Å². The van der Waals surface area contributed by atoms with E-state index in [0.29, 0.717) is 26.3 Å². The average molecular weight is 453 g/mol. The molecule has 0 heterocycles. The molecule has 1 unspecified atom stereocenters. The van der Waals surface area contributed by atoms with E-state index < -0.39 is 0 Å². The van der Waals surface area contributed by atoms with Crippen LogP contribution in [0.15, 0.2) is 41.6 Å². The van der Waals surface area contributed by atoms with Crippen molar-refractivity contribution in [2.45, 2.75) is 19.8 Å². The van der Waals surface area contributed by atoms with Crippen LogP contribution in [0.5, 0.6) is 0 Å². The molecule has 2 aromatic rings. The van der Waals surface area contributed by atoms with Gasteiger partial charge >= 0.3 is 0 Å². The van der Waals surface area contributed by atoms with Gasteiger partial charge in [0.05, 0.1) is 22.3 Å². The van der Waals surface area contributed by atoms with Crippen LogP contribution in [0.3, 0.4) is 0 Å². The molecule has 1 amide bonds. The van der Waals surface area contributed by atoms with Gasteiger partial charge in [-0.15, -0.1) is 0 Å². The molecule has 8 heteroatoms. The molecule has 0 fully saturated rings. The zero-order valence-electron chi connectivity index (χ0n) is 16.2. The first-order chi connectivity index (χ1) is 13.7. The van der Waals surface area contributed by atoms with E-state index in [9.17, 15) is 4.79 Å². The number of rotatable bonds is 7. The zero-order chi connectivity index (χ0) is 21.6. The predicted octanol–water partition coefficient (Wildman–Crippen LogP) is 5.73. The summed E-state index contributed by atoms with van der Waals surface area (Å²) in [6.45, 7) is 3.79. The molecule has 2 rings (SSSR count). The Morgan fingerprint density at radius 2 is 1.93 bits per heavy atom.